The van der Waals surface area contributed by atoms with Gasteiger partial charge in [-0.05, 0) is 70.4 Å². The van der Waals surface area contributed by atoms with E-state index in [1.807, 2.05) is 0 Å². The highest BCUT2D eigenvalue weighted by Gasteiger charge is 2.43. The third-order valence-corrected chi connectivity index (χ3v) is 14.0. The molecule has 41 heavy (non-hydrogen) atoms. The lowest BCUT2D eigenvalue weighted by molar-refractivity contribution is 1.05. The Bertz CT molecular complexity index is 1920. The number of hydrogen-bond donors (Lipinski definition) is 2. The van der Waals surface area contributed by atoms with Crippen molar-refractivity contribution in [2.24, 2.45) is 0 Å². The zero-order valence-corrected chi connectivity index (χ0v) is 25.0. The van der Waals surface area contributed by atoms with Gasteiger partial charge in [0.05, 0.1) is 8.07 Å². The molecular formula is C38H34N2Si. The number of rotatable bonds is 4. The smallest absolute Gasteiger partial charge is 0.0715 e. The van der Waals surface area contributed by atoms with E-state index in [9.17, 15) is 0 Å². The Balaban J connectivity index is 1.21. The Hall–Kier alpha value is -4.34. The summed E-state index contributed by atoms with van der Waals surface area (Å²) in [5.41, 5.74) is 17.0. The highest BCUT2D eigenvalue weighted by atomic mass is 28.3. The summed E-state index contributed by atoms with van der Waals surface area (Å²) < 4.78 is 0. The van der Waals surface area contributed by atoms with Crippen LogP contribution in [0.5, 0.6) is 0 Å². The summed E-state index contributed by atoms with van der Waals surface area (Å²) in [6, 6.07) is 31.3. The van der Waals surface area contributed by atoms with E-state index in [0.29, 0.717) is 11.1 Å². The zero-order chi connectivity index (χ0) is 27.9. The third-order valence-electron chi connectivity index (χ3n) is 9.79. The largest absolute Gasteiger partial charge is 0.358 e. The standard InChI is InChI=1S/C38H34N2Si/c1-23-37(31-11-5-7-17-33(31)39-23)29-15-9-13-27-25(29)19-21-35(27)41(3,4)36-22-20-26-28(36)14-10-16-30(26)38-24(2)40-34-18-8-6-12-32(34)38/h5-22,35-36,39-40H,1-4H3. The molecule has 0 amide bonds. The van der Waals surface area contributed by atoms with Crippen molar-refractivity contribution in [3.63, 3.8) is 0 Å². The Morgan fingerprint density at radius 3 is 1.44 bits per heavy atom. The van der Waals surface area contributed by atoms with Gasteiger partial charge in [-0.1, -0.05) is 110 Å². The molecule has 2 unspecified atom stereocenters. The van der Waals surface area contributed by atoms with Crippen LogP contribution in [0.15, 0.2) is 97.1 Å². The van der Waals surface area contributed by atoms with E-state index < -0.39 is 8.07 Å². The summed E-state index contributed by atoms with van der Waals surface area (Å²) in [7, 11) is -1.88. The Morgan fingerprint density at radius 1 is 0.537 bits per heavy atom. The minimum atomic E-state index is -1.88. The molecule has 4 aromatic carbocycles. The molecule has 2 aliphatic carbocycles. The van der Waals surface area contributed by atoms with Crippen LogP contribution in [0.2, 0.25) is 13.1 Å². The molecule has 0 aliphatic heterocycles. The van der Waals surface area contributed by atoms with Crippen molar-refractivity contribution < 1.29 is 0 Å². The average molecular weight is 547 g/mol. The molecule has 0 spiro atoms. The van der Waals surface area contributed by atoms with Gasteiger partial charge in [0.1, 0.15) is 0 Å². The third kappa shape index (κ3) is 3.49. The predicted molar refractivity (Wildman–Crippen MR) is 178 cm³/mol. The normalized spacial score (nSPS) is 17.6. The van der Waals surface area contributed by atoms with Gasteiger partial charge in [0.2, 0.25) is 0 Å². The van der Waals surface area contributed by atoms with E-state index in [1.165, 1.54) is 77.7 Å². The van der Waals surface area contributed by atoms with E-state index in [0.717, 1.165) is 0 Å². The van der Waals surface area contributed by atoms with Crippen LogP contribution in [0, 0.1) is 13.8 Å². The van der Waals surface area contributed by atoms with Crippen molar-refractivity contribution in [2.75, 3.05) is 0 Å². The minimum Gasteiger partial charge on any atom is -0.358 e. The fourth-order valence-corrected chi connectivity index (χ4v) is 11.5. The van der Waals surface area contributed by atoms with Crippen molar-refractivity contribution in [1.82, 2.24) is 9.97 Å². The van der Waals surface area contributed by atoms with Crippen molar-refractivity contribution in [1.29, 1.82) is 0 Å². The maximum atomic E-state index is 3.62. The number of H-pyrrole nitrogens is 2. The van der Waals surface area contributed by atoms with E-state index in [-0.39, 0.29) is 0 Å². The second-order valence-electron chi connectivity index (χ2n) is 12.5. The van der Waals surface area contributed by atoms with E-state index in [4.69, 9.17) is 0 Å². The minimum absolute atomic E-state index is 0.460. The number of para-hydroxylation sites is 2. The van der Waals surface area contributed by atoms with Crippen LogP contribution >= 0.6 is 0 Å². The van der Waals surface area contributed by atoms with Gasteiger partial charge in [0, 0.05) is 44.3 Å². The van der Waals surface area contributed by atoms with Gasteiger partial charge in [0.15, 0.2) is 0 Å². The van der Waals surface area contributed by atoms with Crippen LogP contribution in [-0.2, 0) is 0 Å². The van der Waals surface area contributed by atoms with Gasteiger partial charge in [0.25, 0.3) is 0 Å². The molecule has 2 aromatic heterocycles. The molecule has 200 valence electrons. The first-order valence-corrected chi connectivity index (χ1v) is 17.9. The molecule has 2 atom stereocenters. The summed E-state index contributed by atoms with van der Waals surface area (Å²) in [5, 5.41) is 2.61. The van der Waals surface area contributed by atoms with Gasteiger partial charge in [-0.15, -0.1) is 0 Å². The summed E-state index contributed by atoms with van der Waals surface area (Å²) in [6.07, 6.45) is 9.86. The van der Waals surface area contributed by atoms with E-state index in [2.05, 4.69) is 146 Å². The molecule has 0 fully saturated rings. The maximum Gasteiger partial charge on any atom is 0.0715 e. The molecule has 6 aromatic rings. The Morgan fingerprint density at radius 2 is 0.976 bits per heavy atom. The number of nitrogens with one attached hydrogen (secondary N) is 2. The molecule has 0 saturated carbocycles. The predicted octanol–water partition coefficient (Wildman–Crippen LogP) is 10.3. The number of aromatic nitrogens is 2. The molecule has 2 nitrogen and oxygen atoms in total. The SMILES string of the molecule is Cc1[nH]c2ccccc2c1-c1cccc2c1C=CC2[Si](C)(C)C1C=Cc2c(-c3c(C)[nH]c4ccccc34)cccc21. The number of allylic oxidation sites excluding steroid dienone is 2. The summed E-state index contributed by atoms with van der Waals surface area (Å²) >= 11 is 0. The van der Waals surface area contributed by atoms with Crippen LogP contribution in [0.4, 0.5) is 0 Å². The van der Waals surface area contributed by atoms with Gasteiger partial charge in [-0.25, -0.2) is 0 Å². The van der Waals surface area contributed by atoms with E-state index in [1.54, 1.807) is 0 Å². The highest BCUT2D eigenvalue weighted by Crippen LogP contribution is 2.51. The van der Waals surface area contributed by atoms with Gasteiger partial charge in [-0.3, -0.25) is 0 Å². The summed E-state index contributed by atoms with van der Waals surface area (Å²) in [4.78, 5) is 7.24. The molecular weight excluding hydrogens is 513 g/mol. The number of fused-ring (bicyclic) bond motifs is 4. The van der Waals surface area contributed by atoms with Crippen molar-refractivity contribution in [3.05, 3.63) is 131 Å². The number of aryl methyl sites for hydroxylation is 2. The Labute approximate surface area is 242 Å². The van der Waals surface area contributed by atoms with Crippen LogP contribution in [0.25, 0.3) is 56.2 Å². The lowest BCUT2D eigenvalue weighted by Gasteiger charge is -2.35. The van der Waals surface area contributed by atoms with E-state index >= 15 is 0 Å². The molecule has 0 saturated heterocycles. The number of hydrogen-bond acceptors (Lipinski definition) is 0. The fourth-order valence-electron chi connectivity index (χ4n) is 7.85. The lowest BCUT2D eigenvalue weighted by atomic mass is 9.95. The first-order chi connectivity index (χ1) is 19.9. The number of aromatic amines is 2. The zero-order valence-electron chi connectivity index (χ0n) is 24.0. The molecule has 8 rings (SSSR count). The molecule has 2 aliphatic rings. The Kier molecular flexibility index (Phi) is 5.26. The first-order valence-electron chi connectivity index (χ1n) is 14.7. The molecule has 0 radical (unpaired) electrons. The first kappa shape index (κ1) is 24.5. The number of benzene rings is 4. The van der Waals surface area contributed by atoms with Crippen molar-refractivity contribution >= 4 is 42.0 Å². The monoisotopic (exact) mass is 546 g/mol. The van der Waals surface area contributed by atoms with Gasteiger partial charge >= 0.3 is 0 Å². The fraction of sp³-hybridized carbons (Fsp3) is 0.158. The van der Waals surface area contributed by atoms with Crippen LogP contribution in [0.1, 0.15) is 44.7 Å². The van der Waals surface area contributed by atoms with Crippen molar-refractivity contribution in [2.45, 2.75) is 38.0 Å². The van der Waals surface area contributed by atoms with Gasteiger partial charge < -0.3 is 9.97 Å². The van der Waals surface area contributed by atoms with Gasteiger partial charge in [-0.2, -0.15) is 0 Å². The van der Waals surface area contributed by atoms with Crippen LogP contribution < -0.4 is 0 Å². The molecule has 2 heterocycles. The molecule has 3 heteroatoms. The lowest BCUT2D eigenvalue weighted by Crippen LogP contribution is -2.40. The summed E-state index contributed by atoms with van der Waals surface area (Å²) in [6.45, 7) is 9.59. The summed E-state index contributed by atoms with van der Waals surface area (Å²) in [5.74, 6) is 0. The van der Waals surface area contributed by atoms with Crippen molar-refractivity contribution in [3.8, 4) is 22.3 Å². The molecule has 2 N–H and O–H groups in total. The second-order valence-corrected chi connectivity index (χ2v) is 17.3. The highest BCUT2D eigenvalue weighted by molar-refractivity contribution is 6.81. The van der Waals surface area contributed by atoms with Crippen LogP contribution in [-0.4, -0.2) is 18.0 Å². The quantitative estimate of drug-likeness (QED) is 0.206. The average Bonchev–Trinajstić information content (AvgIpc) is 3.74. The maximum absolute atomic E-state index is 3.62. The molecule has 0 bridgehead atoms. The second kappa shape index (κ2) is 8.83. The van der Waals surface area contributed by atoms with Crippen LogP contribution in [0.3, 0.4) is 0 Å². The topological polar surface area (TPSA) is 31.6 Å².